The number of hydrogen-bond donors (Lipinski definition) is 2. The number of aliphatic hydroxyl groups excluding tert-OH is 1. The van der Waals surface area contributed by atoms with E-state index >= 15 is 0 Å². The van der Waals surface area contributed by atoms with Crippen LogP contribution >= 0.6 is 0 Å². The Balaban J connectivity index is 2.08. The molecule has 0 spiro atoms. The van der Waals surface area contributed by atoms with E-state index in [1.54, 1.807) is 6.07 Å². The summed E-state index contributed by atoms with van der Waals surface area (Å²) in [6.07, 6.45) is 1.99. The highest BCUT2D eigenvalue weighted by Crippen LogP contribution is 2.20. The Morgan fingerprint density at radius 3 is 2.59 bits per heavy atom. The van der Waals surface area contributed by atoms with E-state index in [2.05, 4.69) is 9.97 Å². The van der Waals surface area contributed by atoms with E-state index in [1.807, 2.05) is 24.3 Å². The fourth-order valence-corrected chi connectivity index (χ4v) is 1.38. The van der Waals surface area contributed by atoms with E-state index in [9.17, 15) is 0 Å². The zero-order valence-corrected chi connectivity index (χ0v) is 9.21. The molecule has 0 atom stereocenters. The van der Waals surface area contributed by atoms with Crippen molar-refractivity contribution in [2.24, 2.45) is 0 Å². The quantitative estimate of drug-likeness (QED) is 0.830. The van der Waals surface area contributed by atoms with Crippen molar-refractivity contribution in [3.63, 3.8) is 0 Å². The van der Waals surface area contributed by atoms with Crippen molar-refractivity contribution < 1.29 is 9.84 Å². The molecule has 2 rings (SSSR count). The van der Waals surface area contributed by atoms with Gasteiger partial charge in [-0.3, -0.25) is 0 Å². The van der Waals surface area contributed by atoms with Gasteiger partial charge in [-0.15, -0.1) is 0 Å². The number of nitrogens with zero attached hydrogens (tertiary/aromatic N) is 2. The van der Waals surface area contributed by atoms with Gasteiger partial charge in [-0.05, 0) is 24.1 Å². The predicted molar refractivity (Wildman–Crippen MR) is 63.8 cm³/mol. The number of aromatic nitrogens is 2. The smallest absolute Gasteiger partial charge is 0.224 e. The number of rotatable bonds is 4. The zero-order valence-electron chi connectivity index (χ0n) is 9.21. The van der Waals surface area contributed by atoms with Crippen LogP contribution in [-0.2, 0) is 6.42 Å². The molecular weight excluding hydrogens is 218 g/mol. The van der Waals surface area contributed by atoms with Crippen molar-refractivity contribution in [3.05, 3.63) is 42.2 Å². The molecule has 0 saturated heterocycles. The number of nitrogen functional groups attached to an aromatic ring is 1. The Morgan fingerprint density at radius 1 is 1.18 bits per heavy atom. The number of aliphatic hydroxyl groups is 1. The molecule has 0 aliphatic carbocycles. The van der Waals surface area contributed by atoms with Crippen LogP contribution in [0.2, 0.25) is 0 Å². The van der Waals surface area contributed by atoms with Crippen LogP contribution in [0.4, 0.5) is 5.82 Å². The second-order valence-electron chi connectivity index (χ2n) is 3.50. The topological polar surface area (TPSA) is 81.3 Å². The molecule has 5 heteroatoms. The average molecular weight is 231 g/mol. The van der Waals surface area contributed by atoms with E-state index in [0.717, 1.165) is 5.56 Å². The molecule has 0 saturated carbocycles. The molecule has 17 heavy (non-hydrogen) atoms. The van der Waals surface area contributed by atoms with Crippen molar-refractivity contribution in [1.82, 2.24) is 9.97 Å². The Labute approximate surface area is 98.9 Å². The minimum Gasteiger partial charge on any atom is -0.439 e. The minimum atomic E-state index is 0.142. The van der Waals surface area contributed by atoms with Crippen LogP contribution in [0.15, 0.2) is 36.7 Å². The van der Waals surface area contributed by atoms with Crippen LogP contribution < -0.4 is 10.5 Å². The summed E-state index contributed by atoms with van der Waals surface area (Å²) in [5.41, 5.74) is 6.57. The minimum absolute atomic E-state index is 0.142. The monoisotopic (exact) mass is 231 g/mol. The second-order valence-corrected chi connectivity index (χ2v) is 3.50. The molecule has 1 aromatic heterocycles. The van der Waals surface area contributed by atoms with E-state index in [1.165, 1.54) is 6.33 Å². The maximum Gasteiger partial charge on any atom is 0.224 e. The molecule has 0 unspecified atom stereocenters. The van der Waals surface area contributed by atoms with Crippen molar-refractivity contribution in [2.75, 3.05) is 12.3 Å². The standard InChI is InChI=1S/C12H13N3O2/c13-11-7-12(15-8-14-11)17-10-3-1-9(2-4-10)5-6-16/h1-4,7-8,16H,5-6H2,(H2,13,14,15). The molecule has 1 heterocycles. The largest absolute Gasteiger partial charge is 0.439 e. The second kappa shape index (κ2) is 5.27. The van der Waals surface area contributed by atoms with E-state index < -0.39 is 0 Å². The van der Waals surface area contributed by atoms with Crippen LogP contribution in [0.3, 0.4) is 0 Å². The van der Waals surface area contributed by atoms with Gasteiger partial charge in [0, 0.05) is 12.7 Å². The fraction of sp³-hybridized carbons (Fsp3) is 0.167. The van der Waals surface area contributed by atoms with Crippen LogP contribution in [-0.4, -0.2) is 21.7 Å². The van der Waals surface area contributed by atoms with Gasteiger partial charge in [0.1, 0.15) is 17.9 Å². The van der Waals surface area contributed by atoms with E-state index in [-0.39, 0.29) is 6.61 Å². The van der Waals surface area contributed by atoms with Gasteiger partial charge < -0.3 is 15.6 Å². The third-order valence-electron chi connectivity index (χ3n) is 2.21. The van der Waals surface area contributed by atoms with Crippen LogP contribution in [0.1, 0.15) is 5.56 Å². The SMILES string of the molecule is Nc1cc(Oc2ccc(CCO)cc2)ncn1. The molecule has 0 fully saturated rings. The normalized spacial score (nSPS) is 10.2. The average Bonchev–Trinajstić information content (AvgIpc) is 2.32. The first-order valence-electron chi connectivity index (χ1n) is 5.23. The Bertz CT molecular complexity index is 485. The highest BCUT2D eigenvalue weighted by atomic mass is 16.5. The molecule has 0 bridgehead atoms. The highest BCUT2D eigenvalue weighted by molar-refractivity contribution is 5.35. The van der Waals surface area contributed by atoms with Crippen molar-refractivity contribution in [1.29, 1.82) is 0 Å². The van der Waals surface area contributed by atoms with Crippen molar-refractivity contribution >= 4 is 5.82 Å². The molecule has 88 valence electrons. The number of ether oxygens (including phenoxy) is 1. The summed E-state index contributed by atoms with van der Waals surface area (Å²) in [4.78, 5) is 7.72. The maximum atomic E-state index is 8.79. The van der Waals surface area contributed by atoms with Crippen molar-refractivity contribution in [3.8, 4) is 11.6 Å². The molecule has 0 radical (unpaired) electrons. The van der Waals surface area contributed by atoms with Gasteiger partial charge in [0.2, 0.25) is 5.88 Å². The molecular formula is C12H13N3O2. The van der Waals surface area contributed by atoms with Crippen LogP contribution in [0.25, 0.3) is 0 Å². The lowest BCUT2D eigenvalue weighted by atomic mass is 10.1. The molecule has 5 nitrogen and oxygen atoms in total. The van der Waals surface area contributed by atoms with E-state index in [4.69, 9.17) is 15.6 Å². The van der Waals surface area contributed by atoms with Gasteiger partial charge in [-0.2, -0.15) is 0 Å². The lowest BCUT2D eigenvalue weighted by molar-refractivity contribution is 0.299. The molecule has 0 amide bonds. The summed E-state index contributed by atoms with van der Waals surface area (Å²) in [6.45, 7) is 0.142. The number of anilines is 1. The third-order valence-corrected chi connectivity index (χ3v) is 2.21. The number of benzene rings is 1. The van der Waals surface area contributed by atoms with E-state index in [0.29, 0.717) is 23.9 Å². The van der Waals surface area contributed by atoms with Gasteiger partial charge in [0.05, 0.1) is 0 Å². The first-order chi connectivity index (χ1) is 8.28. The lowest BCUT2D eigenvalue weighted by Crippen LogP contribution is -1.94. The lowest BCUT2D eigenvalue weighted by Gasteiger charge is -2.05. The fourth-order valence-electron chi connectivity index (χ4n) is 1.38. The summed E-state index contributed by atoms with van der Waals surface area (Å²) in [6, 6.07) is 9.00. The molecule has 2 aromatic rings. The van der Waals surface area contributed by atoms with Crippen LogP contribution in [0.5, 0.6) is 11.6 Å². The molecule has 0 aliphatic rings. The Morgan fingerprint density at radius 2 is 1.94 bits per heavy atom. The molecule has 1 aromatic carbocycles. The zero-order chi connectivity index (χ0) is 12.1. The van der Waals surface area contributed by atoms with Gasteiger partial charge in [0.15, 0.2) is 0 Å². The van der Waals surface area contributed by atoms with Gasteiger partial charge in [-0.1, -0.05) is 12.1 Å². The summed E-state index contributed by atoms with van der Waals surface area (Å²) in [5, 5.41) is 8.79. The number of nitrogens with two attached hydrogens (primary N) is 1. The maximum absolute atomic E-state index is 8.79. The van der Waals surface area contributed by atoms with Crippen LogP contribution in [0, 0.1) is 0 Å². The van der Waals surface area contributed by atoms with Gasteiger partial charge >= 0.3 is 0 Å². The first-order valence-corrected chi connectivity index (χ1v) is 5.23. The first kappa shape index (κ1) is 11.3. The predicted octanol–water partition coefficient (Wildman–Crippen LogP) is 1.39. The summed E-state index contributed by atoms with van der Waals surface area (Å²) in [5.74, 6) is 1.45. The Hall–Kier alpha value is -2.14. The third kappa shape index (κ3) is 3.15. The van der Waals surface area contributed by atoms with Gasteiger partial charge in [0.25, 0.3) is 0 Å². The highest BCUT2D eigenvalue weighted by Gasteiger charge is 2.00. The molecule has 3 N–H and O–H groups in total. The molecule has 0 aliphatic heterocycles. The summed E-state index contributed by atoms with van der Waals surface area (Å²) in [7, 11) is 0. The Kier molecular flexibility index (Phi) is 3.52. The number of hydrogen-bond acceptors (Lipinski definition) is 5. The van der Waals surface area contributed by atoms with Gasteiger partial charge in [-0.25, -0.2) is 9.97 Å². The summed E-state index contributed by atoms with van der Waals surface area (Å²) >= 11 is 0. The van der Waals surface area contributed by atoms with Crippen molar-refractivity contribution in [2.45, 2.75) is 6.42 Å². The summed E-state index contributed by atoms with van der Waals surface area (Å²) < 4.78 is 5.50.